The van der Waals surface area contributed by atoms with Crippen molar-refractivity contribution in [3.8, 4) is 0 Å². The van der Waals surface area contributed by atoms with Crippen LogP contribution in [0.25, 0.3) is 11.7 Å². The van der Waals surface area contributed by atoms with Gasteiger partial charge in [-0.05, 0) is 74.1 Å². The van der Waals surface area contributed by atoms with Crippen molar-refractivity contribution < 1.29 is 14.0 Å². The van der Waals surface area contributed by atoms with Crippen LogP contribution < -0.4 is 5.32 Å². The highest BCUT2D eigenvalue weighted by atomic mass is 35.5. The van der Waals surface area contributed by atoms with Crippen LogP contribution in [-0.2, 0) is 4.79 Å². The van der Waals surface area contributed by atoms with Crippen LogP contribution in [0, 0.1) is 5.92 Å². The maximum absolute atomic E-state index is 13.0. The lowest BCUT2D eigenvalue weighted by Crippen LogP contribution is -2.38. The minimum absolute atomic E-state index is 0.0459. The molecule has 0 spiro atoms. The Labute approximate surface area is 240 Å². The van der Waals surface area contributed by atoms with Crippen molar-refractivity contribution in [1.82, 2.24) is 19.6 Å². The number of carbonyl (C=O) groups is 2. The smallest absolute Gasteiger partial charge is 0.289 e. The molecule has 0 bridgehead atoms. The molecule has 3 aromatic heterocycles. The van der Waals surface area contributed by atoms with Gasteiger partial charge < -0.3 is 14.6 Å². The molecule has 4 aromatic rings. The van der Waals surface area contributed by atoms with Gasteiger partial charge in [-0.2, -0.15) is 0 Å². The third-order valence-electron chi connectivity index (χ3n) is 7.05. The van der Waals surface area contributed by atoms with Gasteiger partial charge in [0.05, 0.1) is 26.8 Å². The normalized spacial score (nSPS) is 15.4. The molecule has 1 saturated heterocycles. The summed E-state index contributed by atoms with van der Waals surface area (Å²) < 4.78 is 7.89. The van der Waals surface area contributed by atoms with E-state index in [0.717, 1.165) is 46.9 Å². The van der Waals surface area contributed by atoms with Crippen LogP contribution in [0.4, 0.5) is 0 Å². The lowest BCUT2D eigenvalue weighted by Gasteiger charge is -2.31. The van der Waals surface area contributed by atoms with Crippen LogP contribution in [0.5, 0.6) is 0 Å². The Balaban J connectivity index is 0.931. The van der Waals surface area contributed by atoms with Gasteiger partial charge in [-0.3, -0.25) is 14.0 Å². The first kappa shape index (κ1) is 26.1. The van der Waals surface area contributed by atoms with Crippen molar-refractivity contribution in [1.29, 1.82) is 0 Å². The van der Waals surface area contributed by atoms with Gasteiger partial charge in [0, 0.05) is 24.5 Å². The van der Waals surface area contributed by atoms with Gasteiger partial charge in [0.25, 0.3) is 11.8 Å². The number of piperidine rings is 1. The highest BCUT2D eigenvalue weighted by Crippen LogP contribution is 2.35. The molecule has 0 saturated carbocycles. The van der Waals surface area contributed by atoms with Crippen molar-refractivity contribution in [2.75, 3.05) is 19.6 Å². The second-order valence-corrected chi connectivity index (χ2v) is 12.2. The predicted molar refractivity (Wildman–Crippen MR) is 154 cm³/mol. The first-order chi connectivity index (χ1) is 19.0. The van der Waals surface area contributed by atoms with Crippen LogP contribution in [0.15, 0.2) is 85.1 Å². The number of nitrogens with one attached hydrogen (secondary N) is 1. The lowest BCUT2D eigenvalue weighted by atomic mass is 9.92. The monoisotopic (exact) mass is 578 g/mol. The highest BCUT2D eigenvalue weighted by molar-refractivity contribution is 8.04. The maximum atomic E-state index is 13.0. The fraction of sp³-hybridized carbons (Fsp3) is 0.276. The van der Waals surface area contributed by atoms with E-state index in [1.165, 1.54) is 23.5 Å². The number of pyridine rings is 1. The minimum atomic E-state index is -0.0676. The molecule has 5 heterocycles. The molecule has 1 N–H and O–H groups in total. The summed E-state index contributed by atoms with van der Waals surface area (Å²) in [6.07, 6.45) is 7.55. The van der Waals surface area contributed by atoms with Crippen LogP contribution in [0.2, 0.25) is 5.02 Å². The number of thioether (sulfide) groups is 1. The fourth-order valence-electron chi connectivity index (χ4n) is 4.98. The zero-order valence-electron chi connectivity index (χ0n) is 21.1. The fourth-order valence-corrected chi connectivity index (χ4v) is 7.04. The number of hydrogen-bond acceptors (Lipinski definition) is 6. The number of imidazole rings is 1. The Morgan fingerprint density at radius 2 is 1.95 bits per heavy atom. The van der Waals surface area contributed by atoms with E-state index in [0.29, 0.717) is 46.3 Å². The molecular weight excluding hydrogens is 552 g/mol. The van der Waals surface area contributed by atoms with Gasteiger partial charge in [-0.25, -0.2) is 4.98 Å². The second-order valence-electron chi connectivity index (χ2n) is 9.64. The number of halogens is 1. The molecule has 10 heteroatoms. The number of amides is 2. The molecule has 0 radical (unpaired) electrons. The van der Waals surface area contributed by atoms with Gasteiger partial charge >= 0.3 is 0 Å². The first-order valence-electron chi connectivity index (χ1n) is 13.0. The molecule has 0 aliphatic carbocycles. The van der Waals surface area contributed by atoms with E-state index < -0.39 is 0 Å². The maximum Gasteiger partial charge on any atom is 0.289 e. The molecule has 1 fully saturated rings. The molecule has 200 valence electrons. The van der Waals surface area contributed by atoms with E-state index in [4.69, 9.17) is 16.0 Å². The van der Waals surface area contributed by atoms with Crippen molar-refractivity contribution in [2.45, 2.75) is 40.7 Å². The molecule has 39 heavy (non-hydrogen) atoms. The highest BCUT2D eigenvalue weighted by Gasteiger charge is 2.26. The van der Waals surface area contributed by atoms with Gasteiger partial charge in [-0.1, -0.05) is 53.3 Å². The lowest BCUT2D eigenvalue weighted by molar-refractivity contribution is -0.116. The summed E-state index contributed by atoms with van der Waals surface area (Å²) in [5.41, 5.74) is 1.82. The molecule has 2 amide bonds. The van der Waals surface area contributed by atoms with Gasteiger partial charge in [0.15, 0.2) is 10.9 Å². The molecule has 0 atom stereocenters. The van der Waals surface area contributed by atoms with E-state index in [-0.39, 0.29) is 11.8 Å². The Bertz CT molecular complexity index is 1550. The number of benzene rings is 1. The Morgan fingerprint density at radius 1 is 1.10 bits per heavy atom. The summed E-state index contributed by atoms with van der Waals surface area (Å²) in [6, 6.07) is 17.1. The van der Waals surface area contributed by atoms with E-state index in [1.54, 1.807) is 12.3 Å². The van der Waals surface area contributed by atoms with Crippen molar-refractivity contribution >= 4 is 58.7 Å². The zero-order valence-corrected chi connectivity index (χ0v) is 23.5. The summed E-state index contributed by atoms with van der Waals surface area (Å²) in [5, 5.41) is 5.38. The van der Waals surface area contributed by atoms with Crippen LogP contribution in [0.3, 0.4) is 0 Å². The van der Waals surface area contributed by atoms with Crippen molar-refractivity contribution in [3.05, 3.63) is 82.2 Å². The molecule has 0 unspecified atom stereocenters. The Hall–Kier alpha value is -3.14. The van der Waals surface area contributed by atoms with Crippen molar-refractivity contribution in [3.63, 3.8) is 0 Å². The van der Waals surface area contributed by atoms with E-state index in [1.807, 2.05) is 59.5 Å². The van der Waals surface area contributed by atoms with Gasteiger partial charge in [0.2, 0.25) is 0 Å². The Morgan fingerprint density at radius 3 is 2.79 bits per heavy atom. The van der Waals surface area contributed by atoms with Crippen LogP contribution >= 0.6 is 35.1 Å². The number of likely N-dealkylation sites (tertiary alicyclic amines) is 1. The second kappa shape index (κ2) is 11.5. The summed E-state index contributed by atoms with van der Waals surface area (Å²) in [6.45, 7) is 2.07. The SMILES string of the molecule is O=C(NCCCC1CCN(C(=O)c2ccc(Sc3ccccc3Cl)o2)CC1)C1=Cc2cnc3cccc(n23)S1. The average Bonchev–Trinajstić information content (AvgIpc) is 3.60. The minimum Gasteiger partial charge on any atom is -0.444 e. The van der Waals surface area contributed by atoms with E-state index >= 15 is 0 Å². The Kier molecular flexibility index (Phi) is 7.72. The van der Waals surface area contributed by atoms with Gasteiger partial charge in [-0.15, -0.1) is 0 Å². The first-order valence-corrected chi connectivity index (χ1v) is 15.0. The predicted octanol–water partition coefficient (Wildman–Crippen LogP) is 6.63. The van der Waals surface area contributed by atoms with Gasteiger partial charge in [0.1, 0.15) is 5.65 Å². The summed E-state index contributed by atoms with van der Waals surface area (Å²) >= 11 is 9.12. The molecule has 2 aliphatic heterocycles. The quantitative estimate of drug-likeness (QED) is 0.236. The number of aromatic nitrogens is 2. The molecule has 6 rings (SSSR count). The summed E-state index contributed by atoms with van der Waals surface area (Å²) in [7, 11) is 0. The van der Waals surface area contributed by atoms with E-state index in [2.05, 4.69) is 14.7 Å². The number of rotatable bonds is 8. The summed E-state index contributed by atoms with van der Waals surface area (Å²) in [4.78, 5) is 33.6. The largest absolute Gasteiger partial charge is 0.444 e. The third kappa shape index (κ3) is 5.76. The van der Waals surface area contributed by atoms with Crippen molar-refractivity contribution in [2.24, 2.45) is 5.92 Å². The van der Waals surface area contributed by atoms with Crippen LogP contribution in [-0.4, -0.2) is 45.7 Å². The third-order valence-corrected chi connectivity index (χ3v) is 9.54. The molecule has 7 nitrogen and oxygen atoms in total. The van der Waals surface area contributed by atoms with E-state index in [9.17, 15) is 9.59 Å². The molecule has 1 aromatic carbocycles. The topological polar surface area (TPSA) is 79.8 Å². The van der Waals surface area contributed by atoms with Crippen LogP contribution in [0.1, 0.15) is 41.9 Å². The summed E-state index contributed by atoms with van der Waals surface area (Å²) in [5.74, 6) is 0.793. The number of furan rings is 1. The number of nitrogens with zero attached hydrogens (tertiary/aromatic N) is 3. The number of hydrogen-bond donors (Lipinski definition) is 1. The molecular formula is C29H27ClN4O3S2. The molecule has 2 aliphatic rings. The zero-order chi connectivity index (χ0) is 26.8. The average molecular weight is 579 g/mol. The standard InChI is InChI=1S/C29H27ClN4O3S2/c30-21-6-1-2-7-23(21)39-27-11-10-22(37-27)29(36)33-15-12-19(13-16-33)5-4-14-31-28(35)24-17-20-18-32-25-8-3-9-26(38-24)34(20)25/h1-3,6-11,17-19H,4-5,12-16H2,(H,31,35). The number of carbonyl (C=O) groups excluding carboxylic acids is 2.